The number of rotatable bonds is 4. The molecule has 3 rings (SSSR count). The SMILES string of the molecule is Cc1ccc(-c2c(C)sc3ncnc(NC(C)C(=O)O)c23)cc1C. The van der Waals surface area contributed by atoms with Crippen molar-refractivity contribution in [3.8, 4) is 11.1 Å². The molecule has 0 saturated carbocycles. The number of carboxylic acids is 1. The van der Waals surface area contributed by atoms with Gasteiger partial charge in [0.1, 0.15) is 23.0 Å². The molecule has 124 valence electrons. The number of fused-ring (bicyclic) bond motifs is 1. The second kappa shape index (κ2) is 6.20. The normalized spacial score (nSPS) is 12.3. The number of carbonyl (C=O) groups is 1. The van der Waals surface area contributed by atoms with E-state index >= 15 is 0 Å². The molecule has 5 nitrogen and oxygen atoms in total. The number of hydrogen-bond acceptors (Lipinski definition) is 5. The van der Waals surface area contributed by atoms with Crippen LogP contribution in [0.4, 0.5) is 5.82 Å². The Balaban J connectivity index is 2.22. The van der Waals surface area contributed by atoms with Gasteiger partial charge >= 0.3 is 5.97 Å². The molecule has 2 aromatic heterocycles. The predicted octanol–water partition coefficient (Wildman–Crippen LogP) is 4.17. The number of aromatic nitrogens is 2. The Labute approximate surface area is 144 Å². The number of nitrogens with one attached hydrogen (secondary N) is 1. The van der Waals surface area contributed by atoms with Crippen LogP contribution in [0.25, 0.3) is 21.3 Å². The monoisotopic (exact) mass is 341 g/mol. The van der Waals surface area contributed by atoms with Crippen LogP contribution in [0, 0.1) is 20.8 Å². The maximum atomic E-state index is 11.2. The second-order valence-corrected chi connectivity index (χ2v) is 7.14. The molecule has 0 bridgehead atoms. The summed E-state index contributed by atoms with van der Waals surface area (Å²) in [6.07, 6.45) is 1.47. The second-order valence-electron chi connectivity index (χ2n) is 5.94. The highest BCUT2D eigenvalue weighted by Crippen LogP contribution is 2.40. The predicted molar refractivity (Wildman–Crippen MR) is 97.8 cm³/mol. The maximum absolute atomic E-state index is 11.2. The van der Waals surface area contributed by atoms with Gasteiger partial charge < -0.3 is 10.4 Å². The molecule has 2 heterocycles. The van der Waals surface area contributed by atoms with Crippen LogP contribution in [0.3, 0.4) is 0 Å². The molecular weight excluding hydrogens is 322 g/mol. The van der Waals surface area contributed by atoms with Gasteiger partial charge in [0.25, 0.3) is 0 Å². The molecular formula is C18H19N3O2S. The lowest BCUT2D eigenvalue weighted by Crippen LogP contribution is -2.26. The minimum atomic E-state index is -0.915. The van der Waals surface area contributed by atoms with Gasteiger partial charge in [-0.15, -0.1) is 11.3 Å². The maximum Gasteiger partial charge on any atom is 0.325 e. The van der Waals surface area contributed by atoms with Gasteiger partial charge in [-0.05, 0) is 44.4 Å². The van der Waals surface area contributed by atoms with Crippen molar-refractivity contribution < 1.29 is 9.90 Å². The summed E-state index contributed by atoms with van der Waals surface area (Å²) >= 11 is 1.59. The Morgan fingerprint density at radius 2 is 1.96 bits per heavy atom. The van der Waals surface area contributed by atoms with Crippen LogP contribution in [0.15, 0.2) is 24.5 Å². The van der Waals surface area contributed by atoms with Crippen molar-refractivity contribution in [2.75, 3.05) is 5.32 Å². The molecule has 1 atom stereocenters. The van der Waals surface area contributed by atoms with E-state index in [4.69, 9.17) is 0 Å². The summed E-state index contributed by atoms with van der Waals surface area (Å²) in [5, 5.41) is 13.0. The highest BCUT2D eigenvalue weighted by Gasteiger charge is 2.19. The summed E-state index contributed by atoms with van der Waals surface area (Å²) in [6, 6.07) is 5.62. The fraction of sp³-hybridized carbons (Fsp3) is 0.278. The molecule has 3 aromatic rings. The molecule has 24 heavy (non-hydrogen) atoms. The van der Waals surface area contributed by atoms with Gasteiger partial charge in [-0.1, -0.05) is 18.2 Å². The average molecular weight is 341 g/mol. The Kier molecular flexibility index (Phi) is 4.24. The summed E-state index contributed by atoms with van der Waals surface area (Å²) in [7, 11) is 0. The summed E-state index contributed by atoms with van der Waals surface area (Å²) in [6.45, 7) is 7.83. The van der Waals surface area contributed by atoms with E-state index in [1.165, 1.54) is 17.5 Å². The van der Waals surface area contributed by atoms with Crippen LogP contribution >= 0.6 is 11.3 Å². The zero-order chi connectivity index (χ0) is 17.4. The number of nitrogens with zero attached hydrogens (tertiary/aromatic N) is 2. The van der Waals surface area contributed by atoms with Gasteiger partial charge in [-0.3, -0.25) is 4.79 Å². The first-order valence-corrected chi connectivity index (χ1v) is 8.51. The fourth-order valence-corrected chi connectivity index (χ4v) is 3.68. The highest BCUT2D eigenvalue weighted by atomic mass is 32.1. The van der Waals surface area contributed by atoms with E-state index in [0.29, 0.717) is 5.82 Å². The molecule has 1 aromatic carbocycles. The van der Waals surface area contributed by atoms with Gasteiger partial charge in [0.15, 0.2) is 0 Å². The van der Waals surface area contributed by atoms with Crippen LogP contribution in [0.1, 0.15) is 22.9 Å². The molecule has 0 aliphatic rings. The van der Waals surface area contributed by atoms with Gasteiger partial charge in [-0.2, -0.15) is 0 Å². The Hall–Kier alpha value is -2.47. The first-order valence-electron chi connectivity index (χ1n) is 7.69. The lowest BCUT2D eigenvalue weighted by Gasteiger charge is -2.12. The van der Waals surface area contributed by atoms with Crippen molar-refractivity contribution in [3.05, 3.63) is 40.5 Å². The third-order valence-electron chi connectivity index (χ3n) is 4.18. The number of thiophene rings is 1. The van der Waals surface area contributed by atoms with Crippen molar-refractivity contribution in [2.24, 2.45) is 0 Å². The number of hydrogen-bond donors (Lipinski definition) is 2. The number of carboxylic acid groups (broad SMARTS) is 1. The lowest BCUT2D eigenvalue weighted by molar-refractivity contribution is -0.137. The molecule has 2 N–H and O–H groups in total. The molecule has 0 aliphatic heterocycles. The topological polar surface area (TPSA) is 75.1 Å². The van der Waals surface area contributed by atoms with Gasteiger partial charge in [-0.25, -0.2) is 9.97 Å². The number of aryl methyl sites for hydroxylation is 3. The quantitative estimate of drug-likeness (QED) is 0.745. The van der Waals surface area contributed by atoms with Crippen molar-refractivity contribution in [1.29, 1.82) is 0 Å². The van der Waals surface area contributed by atoms with E-state index < -0.39 is 12.0 Å². The van der Waals surface area contributed by atoms with Crippen molar-refractivity contribution in [1.82, 2.24) is 9.97 Å². The zero-order valence-corrected chi connectivity index (χ0v) is 14.9. The Bertz CT molecular complexity index is 933. The molecule has 0 amide bonds. The van der Waals surface area contributed by atoms with Crippen molar-refractivity contribution in [2.45, 2.75) is 33.7 Å². The van der Waals surface area contributed by atoms with E-state index in [9.17, 15) is 9.90 Å². The van der Waals surface area contributed by atoms with E-state index in [1.807, 2.05) is 0 Å². The molecule has 0 fully saturated rings. The standard InChI is InChI=1S/C18H19N3O2S/c1-9-5-6-13(7-10(9)2)14-12(4)24-17-15(14)16(19-8-20-17)21-11(3)18(22)23/h5-8,11H,1-4H3,(H,22,23)(H,19,20,21). The third-order valence-corrected chi connectivity index (χ3v) is 5.20. The minimum Gasteiger partial charge on any atom is -0.480 e. The first-order chi connectivity index (χ1) is 11.4. The Morgan fingerprint density at radius 3 is 2.62 bits per heavy atom. The molecule has 1 unspecified atom stereocenters. The fourth-order valence-electron chi connectivity index (χ4n) is 2.67. The van der Waals surface area contributed by atoms with Gasteiger partial charge in [0, 0.05) is 10.4 Å². The van der Waals surface area contributed by atoms with Crippen LogP contribution in [-0.2, 0) is 4.79 Å². The summed E-state index contributed by atoms with van der Waals surface area (Å²) < 4.78 is 0. The third kappa shape index (κ3) is 2.85. The number of anilines is 1. The van der Waals surface area contributed by atoms with Crippen LogP contribution in [0.5, 0.6) is 0 Å². The highest BCUT2D eigenvalue weighted by molar-refractivity contribution is 7.19. The van der Waals surface area contributed by atoms with Gasteiger partial charge in [0.05, 0.1) is 5.39 Å². The molecule has 0 aliphatic carbocycles. The molecule has 6 heteroatoms. The Morgan fingerprint density at radius 1 is 1.21 bits per heavy atom. The van der Waals surface area contributed by atoms with E-state index in [0.717, 1.165) is 26.2 Å². The molecule has 0 radical (unpaired) electrons. The zero-order valence-electron chi connectivity index (χ0n) is 14.0. The minimum absolute atomic E-state index is 0.562. The van der Waals surface area contributed by atoms with E-state index in [-0.39, 0.29) is 0 Å². The smallest absolute Gasteiger partial charge is 0.325 e. The summed E-state index contributed by atoms with van der Waals surface area (Å²) in [5.41, 5.74) is 4.63. The van der Waals surface area contributed by atoms with Crippen molar-refractivity contribution in [3.63, 3.8) is 0 Å². The number of aliphatic carboxylic acids is 1. The molecule has 0 saturated heterocycles. The summed E-state index contributed by atoms with van der Waals surface area (Å²) in [4.78, 5) is 21.8. The first kappa shape index (κ1) is 16.4. The van der Waals surface area contributed by atoms with Crippen LogP contribution in [-0.4, -0.2) is 27.1 Å². The lowest BCUT2D eigenvalue weighted by atomic mass is 9.99. The average Bonchev–Trinajstić information content (AvgIpc) is 2.87. The number of benzene rings is 1. The van der Waals surface area contributed by atoms with E-state index in [1.54, 1.807) is 18.3 Å². The summed E-state index contributed by atoms with van der Waals surface area (Å²) in [5.74, 6) is -0.353. The molecule has 0 spiro atoms. The van der Waals surface area contributed by atoms with Gasteiger partial charge in [0.2, 0.25) is 0 Å². The van der Waals surface area contributed by atoms with Crippen LogP contribution < -0.4 is 5.32 Å². The largest absolute Gasteiger partial charge is 0.480 e. The van der Waals surface area contributed by atoms with E-state index in [2.05, 4.69) is 54.3 Å². The van der Waals surface area contributed by atoms with Crippen molar-refractivity contribution >= 4 is 33.3 Å². The van der Waals surface area contributed by atoms with Crippen LogP contribution in [0.2, 0.25) is 0 Å².